The molecule has 10 heteroatoms. The minimum absolute atomic E-state index is 0.0308. The second-order valence-corrected chi connectivity index (χ2v) is 17.2. The van der Waals surface area contributed by atoms with Crippen LogP contribution in [0.5, 0.6) is 0 Å². The lowest BCUT2D eigenvalue weighted by Gasteiger charge is -2.35. The monoisotopic (exact) mass is 878 g/mol. The van der Waals surface area contributed by atoms with Crippen LogP contribution >= 0.6 is 0 Å². The maximum Gasteiger partial charge on any atom is 0.246 e. The number of allylic oxidation sites excluding steroid dienone is 5. The highest BCUT2D eigenvalue weighted by atomic mass is 16.2. The number of rotatable bonds is 18. The Bertz CT molecular complexity index is 2400. The van der Waals surface area contributed by atoms with E-state index in [1.165, 1.54) is 5.57 Å². The van der Waals surface area contributed by atoms with Crippen molar-refractivity contribution in [3.8, 4) is 11.3 Å². The van der Waals surface area contributed by atoms with Crippen LogP contribution in [0.3, 0.4) is 0 Å². The third-order valence-corrected chi connectivity index (χ3v) is 12.9. The zero-order valence-electron chi connectivity index (χ0n) is 40.2. The summed E-state index contributed by atoms with van der Waals surface area (Å²) in [6.45, 7) is 33.1. The Morgan fingerprint density at radius 2 is 1.71 bits per heavy atom. The summed E-state index contributed by atoms with van der Waals surface area (Å²) in [5.74, 6) is 1.94. The molecule has 2 aromatic carbocycles. The van der Waals surface area contributed by atoms with Crippen LogP contribution in [-0.2, 0) is 4.79 Å². The lowest BCUT2D eigenvalue weighted by atomic mass is 9.92. The van der Waals surface area contributed by atoms with E-state index in [0.29, 0.717) is 11.8 Å². The van der Waals surface area contributed by atoms with Crippen LogP contribution in [-0.4, -0.2) is 78.0 Å². The molecule has 3 aliphatic rings. The van der Waals surface area contributed by atoms with Crippen LogP contribution < -0.4 is 31.5 Å². The molecule has 4 aromatic rings. The number of piperidine rings is 1. The normalized spacial score (nSPS) is 17.2. The van der Waals surface area contributed by atoms with Gasteiger partial charge in [0.05, 0.1) is 17.8 Å². The number of nitrogens with one attached hydrogen (secondary N) is 3. The van der Waals surface area contributed by atoms with E-state index in [9.17, 15) is 4.79 Å². The van der Waals surface area contributed by atoms with Crippen molar-refractivity contribution in [2.75, 3.05) is 50.5 Å². The molecule has 1 amide bonds. The molecule has 3 N–H and O–H groups in total. The van der Waals surface area contributed by atoms with Crippen molar-refractivity contribution in [3.05, 3.63) is 127 Å². The summed E-state index contributed by atoms with van der Waals surface area (Å²) in [5.41, 5.74) is 6.27. The highest BCUT2D eigenvalue weighted by Crippen LogP contribution is 2.31. The van der Waals surface area contributed by atoms with Crippen molar-refractivity contribution >= 4 is 53.3 Å². The fraction of sp³-hybridized carbons (Fsp3) is 0.418. The van der Waals surface area contributed by atoms with E-state index in [1.807, 2.05) is 46.3 Å². The topological polar surface area (TPSA) is 103 Å². The van der Waals surface area contributed by atoms with Crippen molar-refractivity contribution in [3.63, 3.8) is 0 Å². The number of carbonyl (C=O) groups is 1. The van der Waals surface area contributed by atoms with Gasteiger partial charge in [-0.25, -0.2) is 15.0 Å². The number of anilines is 2. The minimum atomic E-state index is -0.0308. The Hall–Kier alpha value is -6.00. The van der Waals surface area contributed by atoms with Crippen molar-refractivity contribution in [1.29, 1.82) is 0 Å². The first-order valence-corrected chi connectivity index (χ1v) is 23.8. The highest BCUT2D eigenvalue weighted by molar-refractivity contribution is 5.94. The first-order chi connectivity index (χ1) is 31.6. The average molecular weight is 878 g/mol. The lowest BCUT2D eigenvalue weighted by molar-refractivity contribution is -0.137. The molecule has 1 fully saturated rings. The van der Waals surface area contributed by atoms with E-state index in [0.717, 1.165) is 133 Å². The first-order valence-electron chi connectivity index (χ1n) is 23.8. The molecule has 1 saturated heterocycles. The molecule has 4 atom stereocenters. The maximum atomic E-state index is 13.6. The lowest BCUT2D eigenvalue weighted by Crippen LogP contribution is -2.43. The quantitative estimate of drug-likeness (QED) is 0.0856. The molecule has 7 rings (SSSR count). The Morgan fingerprint density at radius 1 is 0.969 bits per heavy atom. The van der Waals surface area contributed by atoms with Crippen molar-refractivity contribution in [2.45, 2.75) is 91.1 Å². The second kappa shape index (κ2) is 24.9. The number of fused-ring (bicyclic) bond motifs is 1. The summed E-state index contributed by atoms with van der Waals surface area (Å²) in [5, 5.41) is 20.6. The van der Waals surface area contributed by atoms with Crippen molar-refractivity contribution in [2.24, 2.45) is 22.9 Å². The molecule has 2 aliphatic heterocycles. The number of benzene rings is 2. The summed E-state index contributed by atoms with van der Waals surface area (Å²) in [6, 6.07) is 17.0. The number of aromatic nitrogens is 3. The molecule has 346 valence electrons. The largest absolute Gasteiger partial charge is 0.385 e. The maximum absolute atomic E-state index is 13.6. The number of hydrogen-bond acceptors (Lipinski definition) is 8. The predicted octanol–water partition coefficient (Wildman–Crippen LogP) is 9.89. The van der Waals surface area contributed by atoms with Gasteiger partial charge in [-0.1, -0.05) is 114 Å². The molecular formula is C55H75N9O. The van der Waals surface area contributed by atoms with Crippen LogP contribution in [0.1, 0.15) is 90.7 Å². The van der Waals surface area contributed by atoms with Gasteiger partial charge in [0.1, 0.15) is 12.1 Å². The Balaban J connectivity index is 0.00000152. The third-order valence-electron chi connectivity index (χ3n) is 12.9. The molecule has 0 bridgehead atoms. The summed E-state index contributed by atoms with van der Waals surface area (Å²) in [6.07, 6.45) is 21.2. The molecule has 1 aliphatic carbocycles. The summed E-state index contributed by atoms with van der Waals surface area (Å²) in [7, 11) is 3.75. The summed E-state index contributed by atoms with van der Waals surface area (Å²) >= 11 is 0. The van der Waals surface area contributed by atoms with E-state index in [2.05, 4.69) is 154 Å². The molecule has 2 aromatic heterocycles. The van der Waals surface area contributed by atoms with E-state index in [1.54, 1.807) is 11.3 Å². The molecule has 4 unspecified atom stereocenters. The van der Waals surface area contributed by atoms with Crippen LogP contribution in [0.25, 0.3) is 40.9 Å². The molecule has 0 radical (unpaired) electrons. The molecule has 0 spiro atoms. The fourth-order valence-corrected chi connectivity index (χ4v) is 8.91. The number of amides is 1. The van der Waals surface area contributed by atoms with Gasteiger partial charge in [0.2, 0.25) is 5.91 Å². The van der Waals surface area contributed by atoms with Gasteiger partial charge in [0.25, 0.3) is 0 Å². The van der Waals surface area contributed by atoms with Gasteiger partial charge in [-0.05, 0) is 88.1 Å². The standard InChI is InChI=1S/C51H62N8O.C2H7N.C2H6/c1-8-10-17-44(9-2)58-38(6)45-18-14-19-46(50(45)39(58)7)52-28-24-35(3)36(4)33-53-37(5)40-20-22-41(23-21-40)47-32-49(55-34-54-47)57-30-26-43(27-31-57)51(60)59-48(25-29-56-59)42-15-12-11-13-16-42;1-3-2;1-2/h8-9,11-12,14-15,18-23,29,32,34-36,43-44,48,52-53H,1-2,5-7,10,13,16-17,24-28,30-31,33H2,3-4H3;3H,1-2H3;1-2H3. The highest BCUT2D eigenvalue weighted by Gasteiger charge is 2.35. The predicted molar refractivity (Wildman–Crippen MR) is 278 cm³/mol. The first kappa shape index (κ1) is 50.0. The molecule has 4 heterocycles. The number of nitrogens with zero attached hydrogens (tertiary/aromatic N) is 6. The third kappa shape index (κ3) is 12.4. The number of carbonyl (C=O) groups excluding carboxylic acids is 1. The summed E-state index contributed by atoms with van der Waals surface area (Å²) < 4.78 is 2.22. The van der Waals surface area contributed by atoms with Gasteiger partial charge in [-0.3, -0.25) is 4.79 Å². The van der Waals surface area contributed by atoms with Gasteiger partial charge < -0.3 is 25.4 Å². The van der Waals surface area contributed by atoms with Gasteiger partial charge in [0.15, 0.2) is 0 Å². The number of hydrazone groups is 1. The smallest absolute Gasteiger partial charge is 0.246 e. The second-order valence-electron chi connectivity index (χ2n) is 17.2. The molecule has 10 nitrogen and oxygen atoms in total. The Kier molecular flexibility index (Phi) is 19.2. The molecule has 0 saturated carbocycles. The van der Waals surface area contributed by atoms with Gasteiger partial charge in [-0.15, -0.1) is 13.2 Å². The zero-order chi connectivity index (χ0) is 46.9. The van der Waals surface area contributed by atoms with Gasteiger partial charge in [0, 0.05) is 89.2 Å². The SMILES string of the molecule is C=CCCC(C=C)n1c(=C)c2cccc(NCCC(C)C(C)CNC(=C)c3ccc(-c4cc(N5CCC(C(=O)N6N=CCC6C6=CC=CCC6)CC5)ncn4)cc3)c2c1=C.CC.CNC. The minimum Gasteiger partial charge on any atom is -0.385 e. The van der Waals surface area contributed by atoms with Crippen LogP contribution in [0.15, 0.2) is 116 Å². The zero-order valence-corrected chi connectivity index (χ0v) is 40.2. The van der Waals surface area contributed by atoms with Crippen LogP contribution in [0.2, 0.25) is 0 Å². The van der Waals surface area contributed by atoms with E-state index in [4.69, 9.17) is 0 Å². The van der Waals surface area contributed by atoms with Crippen molar-refractivity contribution in [1.82, 2.24) is 30.2 Å². The van der Waals surface area contributed by atoms with E-state index >= 15 is 0 Å². The van der Waals surface area contributed by atoms with Gasteiger partial charge >= 0.3 is 0 Å². The van der Waals surface area contributed by atoms with E-state index in [-0.39, 0.29) is 23.9 Å². The summed E-state index contributed by atoms with van der Waals surface area (Å²) in [4.78, 5) is 25.1. The van der Waals surface area contributed by atoms with E-state index < -0.39 is 0 Å². The Morgan fingerprint density at radius 3 is 2.38 bits per heavy atom. The molecular weight excluding hydrogens is 803 g/mol. The van der Waals surface area contributed by atoms with Crippen molar-refractivity contribution < 1.29 is 4.79 Å². The number of hydrogen-bond donors (Lipinski definition) is 3. The molecule has 65 heavy (non-hydrogen) atoms. The Labute approximate surface area is 389 Å². The van der Waals surface area contributed by atoms with Gasteiger partial charge in [-0.2, -0.15) is 5.10 Å². The van der Waals surface area contributed by atoms with Crippen LogP contribution in [0, 0.1) is 17.8 Å². The van der Waals surface area contributed by atoms with Crippen LogP contribution in [0.4, 0.5) is 11.5 Å². The fourth-order valence-electron chi connectivity index (χ4n) is 8.91. The average Bonchev–Trinajstić information content (AvgIpc) is 3.94.